The van der Waals surface area contributed by atoms with E-state index in [0.717, 1.165) is 70.4 Å². The number of amides is 1. The van der Waals surface area contributed by atoms with Gasteiger partial charge in [0.25, 0.3) is 0 Å². The molecule has 3 saturated carbocycles. The molecule has 1 saturated heterocycles. The zero-order valence-electron chi connectivity index (χ0n) is 23.7. The second-order valence-corrected chi connectivity index (χ2v) is 12.9. The van der Waals surface area contributed by atoms with Crippen molar-refractivity contribution in [2.24, 2.45) is 11.8 Å². The molecule has 1 heterocycles. The first kappa shape index (κ1) is 28.0. The van der Waals surface area contributed by atoms with Gasteiger partial charge in [-0.2, -0.15) is 0 Å². The lowest BCUT2D eigenvalue weighted by Crippen LogP contribution is -2.61. The molecule has 0 bridgehead atoms. The van der Waals surface area contributed by atoms with Crippen molar-refractivity contribution >= 4 is 5.91 Å². The number of hydrogen-bond acceptors (Lipinski definition) is 6. The summed E-state index contributed by atoms with van der Waals surface area (Å²) in [5.41, 5.74) is 1.49. The van der Waals surface area contributed by atoms with Crippen molar-refractivity contribution in [3.8, 4) is 0 Å². The van der Waals surface area contributed by atoms with E-state index in [1.54, 1.807) is 0 Å². The smallest absolute Gasteiger partial charge is 0.234 e. The Morgan fingerprint density at radius 3 is 2.42 bits per heavy atom. The van der Waals surface area contributed by atoms with Gasteiger partial charge in [-0.05, 0) is 76.9 Å². The van der Waals surface area contributed by atoms with E-state index < -0.39 is 0 Å². The summed E-state index contributed by atoms with van der Waals surface area (Å²) in [7, 11) is 4.46. The largest absolute Gasteiger partial charge is 0.393 e. The maximum absolute atomic E-state index is 13.0. The van der Waals surface area contributed by atoms with E-state index in [1.165, 1.54) is 24.8 Å². The number of carbonyl (C=O) groups excluding carboxylic acids is 1. The van der Waals surface area contributed by atoms with Crippen LogP contribution in [0.5, 0.6) is 0 Å². The Hall–Kier alpha value is -1.51. The lowest BCUT2D eigenvalue weighted by Gasteiger charge is -2.54. The summed E-state index contributed by atoms with van der Waals surface area (Å²) in [6.45, 7) is 4.08. The molecule has 7 heteroatoms. The van der Waals surface area contributed by atoms with Crippen molar-refractivity contribution in [1.29, 1.82) is 0 Å². The van der Waals surface area contributed by atoms with Crippen LogP contribution in [-0.2, 0) is 15.1 Å². The Morgan fingerprint density at radius 2 is 1.76 bits per heavy atom. The minimum absolute atomic E-state index is 0.0280. The number of rotatable bonds is 8. The molecule has 212 valence electrons. The lowest BCUT2D eigenvalue weighted by molar-refractivity contribution is -0.124. The molecule has 0 aromatic heterocycles. The number of ether oxygens (including phenoxy) is 1. The van der Waals surface area contributed by atoms with E-state index in [0.29, 0.717) is 26.6 Å². The van der Waals surface area contributed by atoms with Gasteiger partial charge in [-0.25, -0.2) is 0 Å². The fraction of sp³-hybridized carbons (Fsp3) is 0.774. The van der Waals surface area contributed by atoms with Gasteiger partial charge in [0.1, 0.15) is 13.5 Å². The number of aliphatic hydroxyl groups is 1. The summed E-state index contributed by atoms with van der Waals surface area (Å²) >= 11 is 0. The molecule has 5 rings (SSSR count). The normalized spacial score (nSPS) is 33.7. The van der Waals surface area contributed by atoms with E-state index in [-0.39, 0.29) is 29.0 Å². The summed E-state index contributed by atoms with van der Waals surface area (Å²) < 4.78 is 6.23. The van der Waals surface area contributed by atoms with Crippen molar-refractivity contribution < 1.29 is 14.6 Å². The number of hydrogen-bond donors (Lipinski definition) is 2. The van der Waals surface area contributed by atoms with Gasteiger partial charge in [0.15, 0.2) is 0 Å². The molecule has 4 fully saturated rings. The highest BCUT2D eigenvalue weighted by atomic mass is 16.5. The zero-order chi connectivity index (χ0) is 26.6. The SMILES string of the molecule is CN(C)[C@]1(c2ccccc2)CC[C@]2(CC1)CN(CC(=O)NCC1CCCC[C@H]1O)COCN2CC1CCC1. The molecule has 1 aromatic carbocycles. The molecule has 2 atom stereocenters. The maximum Gasteiger partial charge on any atom is 0.234 e. The van der Waals surface area contributed by atoms with E-state index >= 15 is 0 Å². The number of nitrogens with zero attached hydrogens (tertiary/aromatic N) is 3. The molecule has 3 aliphatic carbocycles. The minimum Gasteiger partial charge on any atom is -0.393 e. The summed E-state index contributed by atoms with van der Waals surface area (Å²) in [6.07, 6.45) is 12.2. The van der Waals surface area contributed by atoms with Gasteiger partial charge in [-0.3, -0.25) is 19.5 Å². The molecule has 1 spiro atoms. The quantitative estimate of drug-likeness (QED) is 0.538. The predicted molar refractivity (Wildman–Crippen MR) is 150 cm³/mol. The molecule has 38 heavy (non-hydrogen) atoms. The molecule has 4 aliphatic rings. The highest BCUT2D eigenvalue weighted by molar-refractivity contribution is 5.78. The Balaban J connectivity index is 1.27. The van der Waals surface area contributed by atoms with E-state index in [2.05, 4.69) is 64.4 Å². The third kappa shape index (κ3) is 6.12. The van der Waals surface area contributed by atoms with Crippen LogP contribution in [0.1, 0.15) is 76.2 Å². The Morgan fingerprint density at radius 1 is 1.03 bits per heavy atom. The highest BCUT2D eigenvalue weighted by Crippen LogP contribution is 2.48. The van der Waals surface area contributed by atoms with Crippen molar-refractivity contribution in [2.75, 3.05) is 53.7 Å². The average Bonchev–Trinajstić information content (AvgIpc) is 3.05. The van der Waals surface area contributed by atoms with Crippen molar-refractivity contribution in [3.63, 3.8) is 0 Å². The van der Waals surface area contributed by atoms with Gasteiger partial charge < -0.3 is 15.2 Å². The van der Waals surface area contributed by atoms with Gasteiger partial charge in [0.2, 0.25) is 5.91 Å². The van der Waals surface area contributed by atoms with Crippen LogP contribution in [0.2, 0.25) is 0 Å². The average molecular weight is 527 g/mol. The molecule has 1 aliphatic heterocycles. The van der Waals surface area contributed by atoms with Gasteiger partial charge in [-0.15, -0.1) is 0 Å². The van der Waals surface area contributed by atoms with Gasteiger partial charge in [-0.1, -0.05) is 49.6 Å². The first-order chi connectivity index (χ1) is 18.4. The molecular weight excluding hydrogens is 476 g/mol. The van der Waals surface area contributed by atoms with E-state index in [1.807, 2.05) is 0 Å². The van der Waals surface area contributed by atoms with Crippen LogP contribution >= 0.6 is 0 Å². The Bertz CT molecular complexity index is 898. The van der Waals surface area contributed by atoms with E-state index in [9.17, 15) is 9.90 Å². The molecule has 2 N–H and O–H groups in total. The molecular formula is C31H50N4O3. The summed E-state index contributed by atoms with van der Waals surface area (Å²) in [5, 5.41) is 13.4. The van der Waals surface area contributed by atoms with Crippen LogP contribution in [0.15, 0.2) is 30.3 Å². The number of carbonyl (C=O) groups is 1. The molecule has 1 unspecified atom stereocenters. The number of nitrogens with one attached hydrogen (secondary N) is 1. The zero-order valence-corrected chi connectivity index (χ0v) is 23.7. The van der Waals surface area contributed by atoms with Crippen LogP contribution < -0.4 is 5.32 Å². The molecule has 7 nitrogen and oxygen atoms in total. The summed E-state index contributed by atoms with van der Waals surface area (Å²) in [5.74, 6) is 1.02. The molecule has 1 amide bonds. The monoisotopic (exact) mass is 526 g/mol. The molecule has 0 radical (unpaired) electrons. The Kier molecular flexibility index (Phi) is 9.10. The van der Waals surface area contributed by atoms with Crippen LogP contribution in [-0.4, -0.2) is 91.1 Å². The van der Waals surface area contributed by atoms with Gasteiger partial charge in [0, 0.05) is 36.6 Å². The maximum atomic E-state index is 13.0. The van der Waals surface area contributed by atoms with Crippen molar-refractivity contribution in [1.82, 2.24) is 20.0 Å². The van der Waals surface area contributed by atoms with Crippen LogP contribution in [0.3, 0.4) is 0 Å². The summed E-state index contributed by atoms with van der Waals surface area (Å²) in [4.78, 5) is 20.3. The molecule has 1 aromatic rings. The van der Waals surface area contributed by atoms with Crippen molar-refractivity contribution in [3.05, 3.63) is 35.9 Å². The standard InChI is InChI=1S/C31H50N4O3/c1-33(2)31(27-12-4-3-5-13-27)17-15-30(16-18-31)22-34(23-38-24-35(30)20-25-9-8-10-25)21-29(37)32-19-26-11-6-7-14-28(26)36/h3-5,12-13,25-26,28,36H,6-11,14-24H2,1-2H3,(H,32,37)/t26?,28-,30-,31+/m1/s1. The first-order valence-electron chi connectivity index (χ1n) is 15.1. The van der Waals surface area contributed by atoms with Crippen LogP contribution in [0, 0.1) is 11.8 Å². The predicted octanol–water partition coefficient (Wildman–Crippen LogP) is 3.77. The van der Waals surface area contributed by atoms with Crippen molar-refractivity contribution in [2.45, 2.75) is 87.8 Å². The van der Waals surface area contributed by atoms with Crippen LogP contribution in [0.4, 0.5) is 0 Å². The second kappa shape index (κ2) is 12.3. The third-order valence-corrected chi connectivity index (χ3v) is 10.4. The highest BCUT2D eigenvalue weighted by Gasteiger charge is 2.49. The minimum atomic E-state index is -0.280. The van der Waals surface area contributed by atoms with Crippen LogP contribution in [0.25, 0.3) is 0 Å². The lowest BCUT2D eigenvalue weighted by atomic mass is 9.67. The second-order valence-electron chi connectivity index (χ2n) is 12.9. The summed E-state index contributed by atoms with van der Waals surface area (Å²) in [6, 6.07) is 11.0. The van der Waals surface area contributed by atoms with Gasteiger partial charge in [0.05, 0.1) is 12.6 Å². The number of benzene rings is 1. The Labute approximate surface area is 229 Å². The fourth-order valence-electron chi connectivity index (χ4n) is 7.59. The van der Waals surface area contributed by atoms with E-state index in [4.69, 9.17) is 4.74 Å². The topological polar surface area (TPSA) is 68.3 Å². The first-order valence-corrected chi connectivity index (χ1v) is 15.1. The fourth-order valence-corrected chi connectivity index (χ4v) is 7.59. The third-order valence-electron chi connectivity index (χ3n) is 10.4. The van der Waals surface area contributed by atoms with Gasteiger partial charge >= 0.3 is 0 Å². The number of aliphatic hydroxyl groups excluding tert-OH is 1.